The van der Waals surface area contributed by atoms with Crippen molar-refractivity contribution in [1.29, 1.82) is 0 Å². The summed E-state index contributed by atoms with van der Waals surface area (Å²) in [5, 5.41) is 11.6. The Morgan fingerprint density at radius 2 is 2.10 bits per heavy atom. The molecule has 3 N–H and O–H groups in total. The maximum absolute atomic E-state index is 13.0. The summed E-state index contributed by atoms with van der Waals surface area (Å²) in [6.07, 6.45) is 1.40. The first-order chi connectivity index (χ1) is 9.40. The first-order valence-electron chi connectivity index (χ1n) is 5.58. The first-order valence-corrected chi connectivity index (χ1v) is 6.37. The second kappa shape index (κ2) is 5.46. The predicted octanol–water partition coefficient (Wildman–Crippen LogP) is 3.18. The van der Waals surface area contributed by atoms with Crippen LogP contribution in [-0.2, 0) is 0 Å². The zero-order valence-corrected chi connectivity index (χ0v) is 11.9. The Morgan fingerprint density at radius 3 is 2.70 bits per heavy atom. The van der Waals surface area contributed by atoms with E-state index < -0.39 is 17.7 Å². The second-order valence-corrected chi connectivity index (χ2v) is 4.94. The molecule has 0 saturated heterocycles. The molecule has 5 nitrogen and oxygen atoms in total. The van der Waals surface area contributed by atoms with Gasteiger partial charge in [0.25, 0.3) is 5.91 Å². The molecule has 1 heterocycles. The second-order valence-electron chi connectivity index (χ2n) is 4.09. The molecule has 1 aromatic heterocycles. The van der Waals surface area contributed by atoms with E-state index >= 15 is 0 Å². The molecule has 20 heavy (non-hydrogen) atoms. The van der Waals surface area contributed by atoms with Crippen molar-refractivity contribution < 1.29 is 19.1 Å². The van der Waals surface area contributed by atoms with E-state index in [1.165, 1.54) is 12.3 Å². The predicted molar refractivity (Wildman–Crippen MR) is 74.5 cm³/mol. The number of hydrogen-bond acceptors (Lipinski definition) is 2. The van der Waals surface area contributed by atoms with Gasteiger partial charge in [-0.25, -0.2) is 9.18 Å². The van der Waals surface area contributed by atoms with Gasteiger partial charge in [0, 0.05) is 16.4 Å². The van der Waals surface area contributed by atoms with Crippen LogP contribution in [0.25, 0.3) is 0 Å². The van der Waals surface area contributed by atoms with E-state index in [0.717, 1.165) is 12.1 Å². The van der Waals surface area contributed by atoms with Crippen LogP contribution in [-0.4, -0.2) is 22.0 Å². The molecule has 0 saturated carbocycles. The molecule has 0 aliphatic carbocycles. The minimum Gasteiger partial charge on any atom is -0.478 e. The van der Waals surface area contributed by atoms with Gasteiger partial charge in [0.05, 0.1) is 11.3 Å². The van der Waals surface area contributed by atoms with Gasteiger partial charge in [-0.1, -0.05) is 0 Å². The topological polar surface area (TPSA) is 82.2 Å². The molecule has 0 atom stereocenters. The van der Waals surface area contributed by atoms with Crippen LogP contribution in [0.5, 0.6) is 0 Å². The van der Waals surface area contributed by atoms with Gasteiger partial charge in [-0.05, 0) is 41.1 Å². The maximum atomic E-state index is 13.0. The number of hydrogen-bond donors (Lipinski definition) is 3. The number of anilines is 1. The number of rotatable bonds is 3. The van der Waals surface area contributed by atoms with Gasteiger partial charge in [-0.2, -0.15) is 0 Å². The van der Waals surface area contributed by atoms with Crippen LogP contribution in [0.15, 0.2) is 28.9 Å². The maximum Gasteiger partial charge on any atom is 0.339 e. The highest BCUT2D eigenvalue weighted by atomic mass is 79.9. The van der Waals surface area contributed by atoms with Crippen LogP contribution in [0.4, 0.5) is 10.1 Å². The zero-order chi connectivity index (χ0) is 14.9. The molecule has 104 valence electrons. The Morgan fingerprint density at radius 1 is 1.40 bits per heavy atom. The summed E-state index contributed by atoms with van der Waals surface area (Å²) in [4.78, 5) is 25.9. The molecule has 0 spiro atoms. The average Bonchev–Trinajstić information content (AvgIpc) is 2.70. The molecule has 0 aliphatic heterocycles. The van der Waals surface area contributed by atoms with E-state index in [2.05, 4.69) is 26.2 Å². The highest BCUT2D eigenvalue weighted by Gasteiger charge is 2.18. The minimum absolute atomic E-state index is 0.00316. The number of carboxylic acid groups (broad SMARTS) is 1. The number of H-pyrrole nitrogens is 1. The van der Waals surface area contributed by atoms with Gasteiger partial charge < -0.3 is 15.4 Å². The van der Waals surface area contributed by atoms with Crippen molar-refractivity contribution in [2.24, 2.45) is 0 Å². The Hall–Kier alpha value is -2.15. The third kappa shape index (κ3) is 2.72. The van der Waals surface area contributed by atoms with Gasteiger partial charge >= 0.3 is 5.97 Å². The average molecular weight is 341 g/mol. The van der Waals surface area contributed by atoms with E-state index in [-0.39, 0.29) is 16.8 Å². The van der Waals surface area contributed by atoms with Gasteiger partial charge in [0.15, 0.2) is 0 Å². The molecular weight excluding hydrogens is 331 g/mol. The lowest BCUT2D eigenvalue weighted by atomic mass is 10.2. The number of aromatic carboxylic acids is 1. The summed E-state index contributed by atoms with van der Waals surface area (Å²) >= 11 is 3.09. The molecule has 2 aromatic rings. The summed E-state index contributed by atoms with van der Waals surface area (Å²) in [6.45, 7) is 1.59. The van der Waals surface area contributed by atoms with Gasteiger partial charge in [0.1, 0.15) is 11.4 Å². The number of aryl methyl sites for hydroxylation is 1. The van der Waals surface area contributed by atoms with Crippen LogP contribution in [0.3, 0.4) is 0 Å². The van der Waals surface area contributed by atoms with Gasteiger partial charge in [0.2, 0.25) is 0 Å². The summed E-state index contributed by atoms with van der Waals surface area (Å²) in [7, 11) is 0. The Balaban J connectivity index is 2.31. The fraction of sp³-hybridized carbons (Fsp3) is 0.0769. The van der Waals surface area contributed by atoms with Crippen LogP contribution in [0.2, 0.25) is 0 Å². The van der Waals surface area contributed by atoms with Crippen molar-refractivity contribution in [2.45, 2.75) is 6.92 Å². The SMILES string of the molecule is Cc1[nH]cc(NC(=O)c2ccc(F)cc2Br)c1C(=O)O. The number of nitrogens with one attached hydrogen (secondary N) is 2. The van der Waals surface area contributed by atoms with Crippen LogP contribution in [0, 0.1) is 12.7 Å². The van der Waals surface area contributed by atoms with Crippen molar-refractivity contribution in [2.75, 3.05) is 5.32 Å². The largest absolute Gasteiger partial charge is 0.478 e. The standard InChI is InChI=1S/C13H10BrFN2O3/c1-6-11(13(19)20)10(5-16-6)17-12(18)8-3-2-7(15)4-9(8)14/h2-5,16H,1H3,(H,17,18)(H,19,20). The Kier molecular flexibility index (Phi) is 3.89. The molecule has 1 aromatic carbocycles. The smallest absolute Gasteiger partial charge is 0.339 e. The summed E-state index contributed by atoms with van der Waals surface area (Å²) in [5.41, 5.74) is 0.806. The first kappa shape index (κ1) is 14.3. The summed E-state index contributed by atoms with van der Waals surface area (Å²) in [6, 6.07) is 3.63. The number of carbonyl (C=O) groups excluding carboxylic acids is 1. The fourth-order valence-electron chi connectivity index (χ4n) is 1.76. The lowest BCUT2D eigenvalue weighted by Gasteiger charge is -2.06. The molecule has 2 rings (SSSR count). The number of aromatic amines is 1. The van der Waals surface area contributed by atoms with Crippen molar-refractivity contribution in [3.05, 3.63) is 51.5 Å². The molecular formula is C13H10BrFN2O3. The summed E-state index contributed by atoms with van der Waals surface area (Å²) < 4.78 is 13.3. The van der Waals surface area contributed by atoms with E-state index in [1.54, 1.807) is 6.92 Å². The van der Waals surface area contributed by atoms with Crippen molar-refractivity contribution >= 4 is 33.5 Å². The van der Waals surface area contributed by atoms with Crippen molar-refractivity contribution in [1.82, 2.24) is 4.98 Å². The molecule has 1 amide bonds. The van der Waals surface area contributed by atoms with Crippen LogP contribution >= 0.6 is 15.9 Å². The molecule has 7 heteroatoms. The highest BCUT2D eigenvalue weighted by Crippen LogP contribution is 2.23. The van der Waals surface area contributed by atoms with E-state index in [4.69, 9.17) is 5.11 Å². The Labute approximate surface area is 121 Å². The number of amides is 1. The number of halogens is 2. The number of carboxylic acids is 1. The van der Waals surface area contributed by atoms with Gasteiger partial charge in [-0.15, -0.1) is 0 Å². The third-order valence-electron chi connectivity index (χ3n) is 2.72. The molecule has 0 fully saturated rings. The van der Waals surface area contributed by atoms with Crippen molar-refractivity contribution in [3.63, 3.8) is 0 Å². The fourth-order valence-corrected chi connectivity index (χ4v) is 2.30. The van der Waals surface area contributed by atoms with Crippen LogP contribution in [0.1, 0.15) is 26.4 Å². The lowest BCUT2D eigenvalue weighted by molar-refractivity contribution is 0.0697. The molecule has 0 bridgehead atoms. The van der Waals surface area contributed by atoms with E-state index in [0.29, 0.717) is 10.2 Å². The van der Waals surface area contributed by atoms with E-state index in [1.807, 2.05) is 0 Å². The minimum atomic E-state index is -1.14. The molecule has 0 radical (unpaired) electrons. The normalized spacial score (nSPS) is 10.3. The lowest BCUT2D eigenvalue weighted by Crippen LogP contribution is -2.14. The van der Waals surface area contributed by atoms with E-state index in [9.17, 15) is 14.0 Å². The summed E-state index contributed by atoms with van der Waals surface area (Å²) in [5.74, 6) is -2.15. The Bertz CT molecular complexity index is 697. The molecule has 0 aliphatic rings. The van der Waals surface area contributed by atoms with Crippen LogP contribution < -0.4 is 5.32 Å². The van der Waals surface area contributed by atoms with Crippen molar-refractivity contribution in [3.8, 4) is 0 Å². The number of aromatic nitrogens is 1. The highest BCUT2D eigenvalue weighted by molar-refractivity contribution is 9.10. The number of benzene rings is 1. The third-order valence-corrected chi connectivity index (χ3v) is 3.37. The monoisotopic (exact) mass is 340 g/mol. The van der Waals surface area contributed by atoms with Gasteiger partial charge in [-0.3, -0.25) is 4.79 Å². The molecule has 0 unspecified atom stereocenters. The number of carbonyl (C=O) groups is 2. The quantitative estimate of drug-likeness (QED) is 0.802. The zero-order valence-electron chi connectivity index (χ0n) is 10.3.